The summed E-state index contributed by atoms with van der Waals surface area (Å²) in [7, 11) is -3.44. The highest BCUT2D eigenvalue weighted by Crippen LogP contribution is 2.18. The van der Waals surface area contributed by atoms with Gasteiger partial charge in [0.1, 0.15) is 5.84 Å². The lowest BCUT2D eigenvalue weighted by Gasteiger charge is -2.13. The summed E-state index contributed by atoms with van der Waals surface area (Å²) in [5.41, 5.74) is 5.35. The first-order chi connectivity index (χ1) is 6.58. The van der Waals surface area contributed by atoms with Crippen LogP contribution in [0.4, 0.5) is 0 Å². The topological polar surface area (TPSA) is 75.8 Å². The van der Waals surface area contributed by atoms with Crippen LogP contribution in [0.25, 0.3) is 0 Å². The summed E-state index contributed by atoms with van der Waals surface area (Å²) in [5.74, 6) is 0.0965. The van der Waals surface area contributed by atoms with E-state index in [0.29, 0.717) is 11.4 Å². The van der Waals surface area contributed by atoms with Gasteiger partial charge in [-0.05, 0) is 32.0 Å². The van der Waals surface area contributed by atoms with Crippen LogP contribution in [0, 0.1) is 0 Å². The summed E-state index contributed by atoms with van der Waals surface area (Å²) >= 11 is 0. The van der Waals surface area contributed by atoms with Crippen LogP contribution < -0.4 is 5.73 Å². The smallest absolute Gasteiger partial charge is 0.281 e. The third-order valence-corrected chi connectivity index (χ3v) is 3.80. The average Bonchev–Trinajstić information content (AvgIpc) is 2.61. The van der Waals surface area contributed by atoms with Crippen LogP contribution in [-0.4, -0.2) is 38.8 Å². The molecule has 0 bridgehead atoms. The van der Waals surface area contributed by atoms with E-state index in [2.05, 4.69) is 9.30 Å². The van der Waals surface area contributed by atoms with Crippen molar-refractivity contribution in [3.8, 4) is 0 Å². The Labute approximate surface area is 83.3 Å². The van der Waals surface area contributed by atoms with Gasteiger partial charge in [0.15, 0.2) is 0 Å². The Kier molecular flexibility index (Phi) is 2.32. The highest BCUT2D eigenvalue weighted by molar-refractivity contribution is 7.94. The molecule has 0 aliphatic carbocycles. The average molecular weight is 215 g/mol. The third-order valence-electron chi connectivity index (χ3n) is 2.44. The monoisotopic (exact) mass is 215 g/mol. The molecule has 0 aromatic carbocycles. The maximum atomic E-state index is 11.4. The summed E-state index contributed by atoms with van der Waals surface area (Å²) in [4.78, 5) is 2.44. The zero-order valence-electron chi connectivity index (χ0n) is 7.81. The van der Waals surface area contributed by atoms with Crippen LogP contribution in [0.5, 0.6) is 0 Å². The molecule has 0 unspecified atom stereocenters. The number of sulfonamides is 1. The lowest BCUT2D eigenvalue weighted by Crippen LogP contribution is -2.23. The summed E-state index contributed by atoms with van der Waals surface area (Å²) < 4.78 is 26.2. The first-order valence-corrected chi connectivity index (χ1v) is 6.05. The van der Waals surface area contributed by atoms with Gasteiger partial charge >= 0.3 is 0 Å². The Morgan fingerprint density at radius 2 is 2.07 bits per heavy atom. The van der Waals surface area contributed by atoms with E-state index in [1.807, 2.05) is 0 Å². The highest BCUT2D eigenvalue weighted by atomic mass is 32.2. The van der Waals surface area contributed by atoms with Crippen LogP contribution in [0.3, 0.4) is 0 Å². The molecule has 6 heteroatoms. The maximum Gasteiger partial charge on any atom is 0.281 e. The van der Waals surface area contributed by atoms with Crippen LogP contribution in [0.15, 0.2) is 15.4 Å². The molecule has 78 valence electrons. The van der Waals surface area contributed by atoms with Crippen molar-refractivity contribution in [3.63, 3.8) is 0 Å². The van der Waals surface area contributed by atoms with E-state index in [-0.39, 0.29) is 5.84 Å². The van der Waals surface area contributed by atoms with Gasteiger partial charge in [-0.25, -0.2) is 0 Å². The van der Waals surface area contributed by atoms with Crippen molar-refractivity contribution >= 4 is 15.9 Å². The molecular formula is C8H13N3O2S. The Bertz CT molecular complexity index is 391. The molecule has 0 radical (unpaired) electrons. The second-order valence-corrected chi connectivity index (χ2v) is 5.24. The van der Waals surface area contributed by atoms with Gasteiger partial charge in [-0.15, -0.1) is 4.40 Å². The zero-order chi connectivity index (χ0) is 10.2. The van der Waals surface area contributed by atoms with Crippen LogP contribution in [-0.2, 0) is 10.0 Å². The first-order valence-electron chi connectivity index (χ1n) is 4.61. The second kappa shape index (κ2) is 3.36. The summed E-state index contributed by atoms with van der Waals surface area (Å²) in [6, 6.07) is 0. The maximum absolute atomic E-state index is 11.4. The fraction of sp³-hybridized carbons (Fsp3) is 0.625. The SMILES string of the molecule is NC1=NS(=O)(=O)C(CN2CCCC2)=C1. The van der Waals surface area contributed by atoms with E-state index >= 15 is 0 Å². The van der Waals surface area contributed by atoms with Crippen molar-refractivity contribution in [2.75, 3.05) is 19.6 Å². The van der Waals surface area contributed by atoms with E-state index in [4.69, 9.17) is 5.73 Å². The molecule has 0 amide bonds. The van der Waals surface area contributed by atoms with Gasteiger partial charge < -0.3 is 5.73 Å². The molecule has 2 rings (SSSR count). The number of hydrogen-bond acceptors (Lipinski definition) is 4. The lowest BCUT2D eigenvalue weighted by molar-refractivity contribution is 0.373. The van der Waals surface area contributed by atoms with Crippen molar-refractivity contribution in [2.45, 2.75) is 12.8 Å². The molecule has 1 fully saturated rings. The molecule has 0 aromatic rings. The van der Waals surface area contributed by atoms with E-state index in [1.54, 1.807) is 0 Å². The predicted octanol–water partition coefficient (Wildman–Crippen LogP) is -0.333. The Hall–Kier alpha value is -0.880. The number of amidine groups is 1. The van der Waals surface area contributed by atoms with Crippen molar-refractivity contribution in [3.05, 3.63) is 11.0 Å². The predicted molar refractivity (Wildman–Crippen MR) is 54.3 cm³/mol. The van der Waals surface area contributed by atoms with E-state index in [9.17, 15) is 8.42 Å². The molecule has 2 N–H and O–H groups in total. The van der Waals surface area contributed by atoms with Crippen LogP contribution >= 0.6 is 0 Å². The molecule has 14 heavy (non-hydrogen) atoms. The Morgan fingerprint density at radius 3 is 2.57 bits per heavy atom. The largest absolute Gasteiger partial charge is 0.383 e. The minimum atomic E-state index is -3.44. The Balaban J connectivity index is 2.10. The summed E-state index contributed by atoms with van der Waals surface area (Å²) in [6.45, 7) is 2.38. The number of rotatable bonds is 2. The van der Waals surface area contributed by atoms with Crippen LogP contribution in [0.1, 0.15) is 12.8 Å². The molecule has 0 spiro atoms. The van der Waals surface area contributed by atoms with Crippen molar-refractivity contribution < 1.29 is 8.42 Å². The van der Waals surface area contributed by atoms with Gasteiger partial charge in [0.25, 0.3) is 10.0 Å². The van der Waals surface area contributed by atoms with Gasteiger partial charge in [-0.2, -0.15) is 8.42 Å². The quantitative estimate of drug-likeness (QED) is 0.684. The molecule has 2 aliphatic rings. The standard InChI is InChI=1S/C8H13N3O2S/c9-8-5-7(14(12,13)10-8)6-11-3-1-2-4-11/h5H,1-4,6H2,(H2,9,10). The Morgan fingerprint density at radius 1 is 1.43 bits per heavy atom. The number of nitrogens with two attached hydrogens (primary N) is 1. The van der Waals surface area contributed by atoms with Gasteiger partial charge in [0.05, 0.1) is 4.91 Å². The molecule has 1 saturated heterocycles. The normalized spacial score (nSPS) is 26.3. The van der Waals surface area contributed by atoms with Crippen molar-refractivity contribution in [1.29, 1.82) is 0 Å². The minimum Gasteiger partial charge on any atom is -0.383 e. The third kappa shape index (κ3) is 1.80. The molecule has 2 aliphatic heterocycles. The van der Waals surface area contributed by atoms with Gasteiger partial charge in [0, 0.05) is 6.54 Å². The van der Waals surface area contributed by atoms with E-state index in [1.165, 1.54) is 6.08 Å². The fourth-order valence-corrected chi connectivity index (χ4v) is 2.81. The number of likely N-dealkylation sites (tertiary alicyclic amines) is 1. The summed E-state index contributed by atoms with van der Waals surface area (Å²) in [5, 5.41) is 0. The summed E-state index contributed by atoms with van der Waals surface area (Å²) in [6.07, 6.45) is 3.74. The molecule has 0 aromatic heterocycles. The number of nitrogens with zero attached hydrogens (tertiary/aromatic N) is 2. The fourth-order valence-electron chi connectivity index (χ4n) is 1.75. The molecule has 2 heterocycles. The molecule has 0 atom stereocenters. The first kappa shape index (κ1) is 9.67. The van der Waals surface area contributed by atoms with Crippen molar-refractivity contribution in [1.82, 2.24) is 4.90 Å². The minimum absolute atomic E-state index is 0.0965. The van der Waals surface area contributed by atoms with Gasteiger partial charge in [0.2, 0.25) is 0 Å². The van der Waals surface area contributed by atoms with E-state index in [0.717, 1.165) is 25.9 Å². The van der Waals surface area contributed by atoms with Gasteiger partial charge in [-0.3, -0.25) is 4.90 Å². The van der Waals surface area contributed by atoms with E-state index < -0.39 is 10.0 Å². The lowest BCUT2D eigenvalue weighted by atomic mass is 10.4. The van der Waals surface area contributed by atoms with Crippen molar-refractivity contribution in [2.24, 2.45) is 10.1 Å². The zero-order valence-corrected chi connectivity index (χ0v) is 8.63. The molecule has 5 nitrogen and oxygen atoms in total. The van der Waals surface area contributed by atoms with Crippen LogP contribution in [0.2, 0.25) is 0 Å². The van der Waals surface area contributed by atoms with Gasteiger partial charge in [-0.1, -0.05) is 0 Å². The second-order valence-electron chi connectivity index (χ2n) is 3.59. The molecular weight excluding hydrogens is 202 g/mol. The molecule has 0 saturated carbocycles. The number of hydrogen-bond donors (Lipinski definition) is 1. The highest BCUT2D eigenvalue weighted by Gasteiger charge is 2.26.